The molecule has 2 aromatic rings. The predicted molar refractivity (Wildman–Crippen MR) is 68.2 cm³/mol. The normalized spacial score (nSPS) is 9.38. The molecule has 0 heterocycles. The van der Waals surface area contributed by atoms with E-state index in [0.717, 1.165) is 16.3 Å². The van der Waals surface area contributed by atoms with Crippen LogP contribution in [0.4, 0.5) is 0 Å². The third-order valence-corrected chi connectivity index (χ3v) is 2.24. The van der Waals surface area contributed by atoms with Gasteiger partial charge in [-0.2, -0.15) is 0 Å². The van der Waals surface area contributed by atoms with Gasteiger partial charge in [0.1, 0.15) is 0 Å². The van der Waals surface area contributed by atoms with Crippen LogP contribution in [-0.4, -0.2) is 5.91 Å². The molecule has 0 unspecified atom stereocenters. The summed E-state index contributed by atoms with van der Waals surface area (Å²) < 4.78 is 0. The molecule has 0 bridgehead atoms. The fraction of sp³-hybridized carbons (Fsp3) is 0.214. The minimum absolute atomic E-state index is 0.290. The SMILES string of the molecule is CC.NC(=O)Cc1cccc2ccccc12. The first-order chi connectivity index (χ1) is 7.77. The molecule has 0 aliphatic heterocycles. The fourth-order valence-electron chi connectivity index (χ4n) is 1.63. The van der Waals surface area contributed by atoms with Gasteiger partial charge in [0.2, 0.25) is 5.91 Å². The molecule has 0 aromatic heterocycles. The van der Waals surface area contributed by atoms with Gasteiger partial charge in [0.15, 0.2) is 0 Å². The minimum Gasteiger partial charge on any atom is -0.369 e. The smallest absolute Gasteiger partial charge is 0.221 e. The average Bonchev–Trinajstić information content (AvgIpc) is 2.31. The molecular weight excluding hydrogens is 198 g/mol. The van der Waals surface area contributed by atoms with Crippen LogP contribution in [0.2, 0.25) is 0 Å². The van der Waals surface area contributed by atoms with Gasteiger partial charge < -0.3 is 5.73 Å². The summed E-state index contributed by atoms with van der Waals surface area (Å²) in [4.78, 5) is 10.8. The monoisotopic (exact) mass is 215 g/mol. The number of primary amides is 1. The highest BCUT2D eigenvalue weighted by molar-refractivity contribution is 5.89. The predicted octanol–water partition coefficient (Wildman–Crippen LogP) is 2.89. The summed E-state index contributed by atoms with van der Waals surface area (Å²) in [6.45, 7) is 4.00. The summed E-state index contributed by atoms with van der Waals surface area (Å²) >= 11 is 0. The standard InChI is InChI=1S/C12H11NO.C2H6/c13-12(14)8-10-6-3-5-9-4-1-2-7-11(9)10;1-2/h1-7H,8H2,(H2,13,14);1-2H3. The minimum atomic E-state index is -0.290. The number of fused-ring (bicyclic) bond motifs is 1. The third kappa shape index (κ3) is 2.83. The molecule has 2 N–H and O–H groups in total. The topological polar surface area (TPSA) is 43.1 Å². The highest BCUT2D eigenvalue weighted by Crippen LogP contribution is 2.18. The number of benzene rings is 2. The van der Waals surface area contributed by atoms with Crippen LogP contribution in [0.25, 0.3) is 10.8 Å². The van der Waals surface area contributed by atoms with E-state index in [9.17, 15) is 4.79 Å². The van der Waals surface area contributed by atoms with Crippen molar-refractivity contribution in [1.82, 2.24) is 0 Å². The van der Waals surface area contributed by atoms with Crippen molar-refractivity contribution < 1.29 is 4.79 Å². The Morgan fingerprint density at radius 2 is 1.69 bits per heavy atom. The zero-order chi connectivity index (χ0) is 12.0. The van der Waals surface area contributed by atoms with Gasteiger partial charge in [0, 0.05) is 0 Å². The summed E-state index contributed by atoms with van der Waals surface area (Å²) in [7, 11) is 0. The van der Waals surface area contributed by atoms with E-state index in [0.29, 0.717) is 6.42 Å². The summed E-state index contributed by atoms with van der Waals surface area (Å²) in [5, 5.41) is 2.25. The molecule has 1 amide bonds. The first-order valence-corrected chi connectivity index (χ1v) is 5.52. The largest absolute Gasteiger partial charge is 0.369 e. The Kier molecular flexibility index (Phi) is 4.52. The number of hydrogen-bond acceptors (Lipinski definition) is 1. The van der Waals surface area contributed by atoms with Gasteiger partial charge in [-0.05, 0) is 16.3 Å². The maximum atomic E-state index is 10.8. The lowest BCUT2D eigenvalue weighted by Gasteiger charge is -2.03. The Morgan fingerprint density at radius 1 is 1.06 bits per heavy atom. The molecule has 16 heavy (non-hydrogen) atoms. The highest BCUT2D eigenvalue weighted by atomic mass is 16.1. The molecule has 0 atom stereocenters. The van der Waals surface area contributed by atoms with Crippen molar-refractivity contribution in [2.75, 3.05) is 0 Å². The fourth-order valence-corrected chi connectivity index (χ4v) is 1.63. The van der Waals surface area contributed by atoms with E-state index in [-0.39, 0.29) is 5.91 Å². The molecule has 2 nitrogen and oxygen atoms in total. The van der Waals surface area contributed by atoms with Crippen LogP contribution < -0.4 is 5.73 Å². The van der Waals surface area contributed by atoms with Gasteiger partial charge in [0.25, 0.3) is 0 Å². The van der Waals surface area contributed by atoms with Crippen molar-refractivity contribution in [2.24, 2.45) is 5.73 Å². The van der Waals surface area contributed by atoms with Crippen molar-refractivity contribution in [1.29, 1.82) is 0 Å². The second-order valence-corrected chi connectivity index (χ2v) is 3.28. The molecule has 0 saturated carbocycles. The molecule has 0 spiro atoms. The Labute approximate surface area is 96.1 Å². The van der Waals surface area contributed by atoms with E-state index in [2.05, 4.69) is 0 Å². The van der Waals surface area contributed by atoms with Gasteiger partial charge in [-0.15, -0.1) is 0 Å². The van der Waals surface area contributed by atoms with Crippen LogP contribution >= 0.6 is 0 Å². The van der Waals surface area contributed by atoms with Gasteiger partial charge in [-0.25, -0.2) is 0 Å². The summed E-state index contributed by atoms with van der Waals surface area (Å²) in [6, 6.07) is 13.9. The number of carbonyl (C=O) groups excluding carboxylic acids is 1. The maximum absolute atomic E-state index is 10.8. The van der Waals surface area contributed by atoms with Crippen LogP contribution in [0.5, 0.6) is 0 Å². The van der Waals surface area contributed by atoms with Gasteiger partial charge in [-0.1, -0.05) is 56.3 Å². The lowest BCUT2D eigenvalue weighted by Crippen LogP contribution is -2.13. The van der Waals surface area contributed by atoms with E-state index in [4.69, 9.17) is 5.73 Å². The van der Waals surface area contributed by atoms with Gasteiger partial charge in [-0.3, -0.25) is 4.79 Å². The molecule has 0 aliphatic rings. The molecular formula is C14H17NO. The van der Waals surface area contributed by atoms with Crippen molar-refractivity contribution in [3.63, 3.8) is 0 Å². The maximum Gasteiger partial charge on any atom is 0.221 e. The van der Waals surface area contributed by atoms with Crippen molar-refractivity contribution in [3.05, 3.63) is 48.0 Å². The lowest BCUT2D eigenvalue weighted by molar-refractivity contribution is -0.117. The van der Waals surface area contributed by atoms with E-state index < -0.39 is 0 Å². The van der Waals surface area contributed by atoms with E-state index >= 15 is 0 Å². The van der Waals surface area contributed by atoms with Crippen LogP contribution in [0.15, 0.2) is 42.5 Å². The second-order valence-electron chi connectivity index (χ2n) is 3.28. The number of amides is 1. The highest BCUT2D eigenvalue weighted by Gasteiger charge is 2.02. The van der Waals surface area contributed by atoms with E-state index in [1.54, 1.807) is 0 Å². The number of nitrogens with two attached hydrogens (primary N) is 1. The van der Waals surface area contributed by atoms with E-state index in [1.807, 2.05) is 56.3 Å². The van der Waals surface area contributed by atoms with Crippen LogP contribution in [0.1, 0.15) is 19.4 Å². The Balaban J connectivity index is 0.000000606. The third-order valence-electron chi connectivity index (χ3n) is 2.24. The first-order valence-electron chi connectivity index (χ1n) is 5.52. The molecule has 0 aliphatic carbocycles. The first kappa shape index (κ1) is 12.2. The van der Waals surface area contributed by atoms with Crippen LogP contribution in [-0.2, 0) is 11.2 Å². The molecule has 2 aromatic carbocycles. The second kappa shape index (κ2) is 5.91. The summed E-state index contributed by atoms with van der Waals surface area (Å²) in [5.74, 6) is -0.290. The van der Waals surface area contributed by atoms with E-state index in [1.165, 1.54) is 0 Å². The van der Waals surface area contributed by atoms with Crippen LogP contribution in [0.3, 0.4) is 0 Å². The molecule has 2 rings (SSSR count). The number of carbonyl (C=O) groups is 1. The number of hydrogen-bond donors (Lipinski definition) is 1. The Morgan fingerprint density at radius 3 is 2.38 bits per heavy atom. The molecule has 84 valence electrons. The van der Waals surface area contributed by atoms with Gasteiger partial charge in [0.05, 0.1) is 6.42 Å². The molecule has 0 radical (unpaired) electrons. The lowest BCUT2D eigenvalue weighted by atomic mass is 10.0. The molecule has 0 fully saturated rings. The zero-order valence-corrected chi connectivity index (χ0v) is 9.73. The number of rotatable bonds is 2. The Hall–Kier alpha value is -1.83. The molecule has 2 heteroatoms. The zero-order valence-electron chi connectivity index (χ0n) is 9.73. The van der Waals surface area contributed by atoms with Crippen LogP contribution in [0, 0.1) is 0 Å². The average molecular weight is 215 g/mol. The van der Waals surface area contributed by atoms with Crippen molar-refractivity contribution >= 4 is 16.7 Å². The molecule has 0 saturated heterocycles. The quantitative estimate of drug-likeness (QED) is 0.822. The van der Waals surface area contributed by atoms with Crippen molar-refractivity contribution in [2.45, 2.75) is 20.3 Å². The Bertz CT molecular complexity index is 472. The summed E-state index contributed by atoms with van der Waals surface area (Å²) in [6.07, 6.45) is 0.307. The summed E-state index contributed by atoms with van der Waals surface area (Å²) in [5.41, 5.74) is 6.17. The van der Waals surface area contributed by atoms with Crippen molar-refractivity contribution in [3.8, 4) is 0 Å². The van der Waals surface area contributed by atoms with Gasteiger partial charge >= 0.3 is 0 Å².